The standard InChI is InChI=1S/C17H25NO2/c1-11-4-6-16(19-3)12(8-11)9-15(18-2)14-10-13-5-7-17(14)20-13/h4,6,8,13-15,17-18H,5,7,9-10H2,1-3H3. The van der Waals surface area contributed by atoms with Gasteiger partial charge < -0.3 is 14.8 Å². The highest BCUT2D eigenvalue weighted by Gasteiger charge is 2.43. The molecule has 4 unspecified atom stereocenters. The fourth-order valence-electron chi connectivity index (χ4n) is 3.87. The summed E-state index contributed by atoms with van der Waals surface area (Å²) in [5, 5.41) is 3.51. The van der Waals surface area contributed by atoms with Crippen molar-refractivity contribution >= 4 is 0 Å². The monoisotopic (exact) mass is 275 g/mol. The maximum atomic E-state index is 6.01. The van der Waals surface area contributed by atoms with Crippen molar-refractivity contribution in [3.8, 4) is 5.75 Å². The van der Waals surface area contributed by atoms with Crippen molar-refractivity contribution in [3.63, 3.8) is 0 Å². The summed E-state index contributed by atoms with van der Waals surface area (Å²) in [7, 11) is 3.82. The Bertz CT molecular complexity index is 474. The number of aryl methyl sites for hydroxylation is 1. The Hall–Kier alpha value is -1.06. The third-order valence-electron chi connectivity index (χ3n) is 4.92. The van der Waals surface area contributed by atoms with Gasteiger partial charge in [0.15, 0.2) is 0 Å². The second-order valence-electron chi connectivity index (χ2n) is 6.19. The van der Waals surface area contributed by atoms with E-state index < -0.39 is 0 Å². The second-order valence-corrected chi connectivity index (χ2v) is 6.19. The summed E-state index contributed by atoms with van der Waals surface area (Å²) in [6, 6.07) is 6.91. The maximum absolute atomic E-state index is 6.01. The molecule has 3 nitrogen and oxygen atoms in total. The molecule has 4 atom stereocenters. The molecular formula is C17H25NO2. The van der Waals surface area contributed by atoms with E-state index in [4.69, 9.17) is 9.47 Å². The molecule has 3 rings (SSSR count). The van der Waals surface area contributed by atoms with Gasteiger partial charge in [-0.05, 0) is 51.3 Å². The van der Waals surface area contributed by atoms with Gasteiger partial charge in [0.25, 0.3) is 0 Å². The lowest BCUT2D eigenvalue weighted by Crippen LogP contribution is -2.40. The minimum absolute atomic E-state index is 0.466. The van der Waals surface area contributed by atoms with Crippen LogP contribution < -0.4 is 10.1 Å². The second kappa shape index (κ2) is 5.74. The minimum atomic E-state index is 0.466. The number of hydrogen-bond donors (Lipinski definition) is 1. The number of hydrogen-bond acceptors (Lipinski definition) is 3. The van der Waals surface area contributed by atoms with Gasteiger partial charge in [-0.2, -0.15) is 0 Å². The number of ether oxygens (including phenoxy) is 2. The van der Waals surface area contributed by atoms with Crippen molar-refractivity contribution in [2.45, 2.75) is 50.9 Å². The number of benzene rings is 1. The summed E-state index contributed by atoms with van der Waals surface area (Å²) < 4.78 is 11.5. The molecule has 0 amide bonds. The van der Waals surface area contributed by atoms with Gasteiger partial charge in [-0.1, -0.05) is 17.7 Å². The van der Waals surface area contributed by atoms with E-state index in [1.165, 1.54) is 30.4 Å². The average molecular weight is 275 g/mol. The Morgan fingerprint density at radius 2 is 2.25 bits per heavy atom. The molecular weight excluding hydrogens is 250 g/mol. The quantitative estimate of drug-likeness (QED) is 0.896. The van der Waals surface area contributed by atoms with Gasteiger partial charge in [-0.15, -0.1) is 0 Å². The first-order chi connectivity index (χ1) is 9.71. The molecule has 3 heteroatoms. The van der Waals surface area contributed by atoms with Crippen LogP contribution in [0.4, 0.5) is 0 Å². The summed E-state index contributed by atoms with van der Waals surface area (Å²) in [5.41, 5.74) is 2.59. The molecule has 110 valence electrons. The van der Waals surface area contributed by atoms with E-state index in [9.17, 15) is 0 Å². The van der Waals surface area contributed by atoms with Crippen molar-refractivity contribution in [2.75, 3.05) is 14.2 Å². The summed E-state index contributed by atoms with van der Waals surface area (Å²) in [6.07, 6.45) is 5.70. The Labute approximate surface area is 121 Å². The molecule has 0 aliphatic carbocycles. The molecule has 2 fully saturated rings. The minimum Gasteiger partial charge on any atom is -0.496 e. The molecule has 1 aromatic carbocycles. The van der Waals surface area contributed by atoms with Crippen molar-refractivity contribution < 1.29 is 9.47 Å². The lowest BCUT2D eigenvalue weighted by atomic mass is 9.81. The molecule has 1 aromatic rings. The highest BCUT2D eigenvalue weighted by molar-refractivity contribution is 5.37. The van der Waals surface area contributed by atoms with E-state index in [2.05, 4.69) is 37.5 Å². The van der Waals surface area contributed by atoms with Crippen LogP contribution in [0.25, 0.3) is 0 Å². The number of likely N-dealkylation sites (N-methyl/N-ethyl adjacent to an activating group) is 1. The summed E-state index contributed by atoms with van der Waals surface area (Å²) in [6.45, 7) is 2.14. The van der Waals surface area contributed by atoms with Crippen LogP contribution >= 0.6 is 0 Å². The van der Waals surface area contributed by atoms with Gasteiger partial charge in [-0.3, -0.25) is 0 Å². The lowest BCUT2D eigenvalue weighted by Gasteiger charge is -2.28. The van der Waals surface area contributed by atoms with Crippen LogP contribution in [0.15, 0.2) is 18.2 Å². The van der Waals surface area contributed by atoms with Gasteiger partial charge in [0.1, 0.15) is 5.75 Å². The average Bonchev–Trinajstić information content (AvgIpc) is 3.07. The lowest BCUT2D eigenvalue weighted by molar-refractivity contribution is 0.0863. The zero-order valence-electron chi connectivity index (χ0n) is 12.7. The molecule has 2 bridgehead atoms. The molecule has 0 spiro atoms. The van der Waals surface area contributed by atoms with E-state index >= 15 is 0 Å². The summed E-state index contributed by atoms with van der Waals surface area (Å²) >= 11 is 0. The molecule has 0 aromatic heterocycles. The largest absolute Gasteiger partial charge is 0.496 e. The van der Waals surface area contributed by atoms with Crippen LogP contribution in [0, 0.1) is 12.8 Å². The topological polar surface area (TPSA) is 30.5 Å². The highest BCUT2D eigenvalue weighted by atomic mass is 16.5. The first-order valence-corrected chi connectivity index (χ1v) is 7.67. The predicted molar refractivity (Wildman–Crippen MR) is 80.3 cm³/mol. The van der Waals surface area contributed by atoms with Crippen LogP contribution in [0.5, 0.6) is 5.75 Å². The smallest absolute Gasteiger partial charge is 0.122 e. The molecule has 0 radical (unpaired) electrons. The van der Waals surface area contributed by atoms with E-state index in [0.717, 1.165) is 12.2 Å². The van der Waals surface area contributed by atoms with Crippen LogP contribution in [-0.4, -0.2) is 32.4 Å². The van der Waals surface area contributed by atoms with Crippen molar-refractivity contribution in [3.05, 3.63) is 29.3 Å². The number of rotatable bonds is 5. The summed E-state index contributed by atoms with van der Waals surface area (Å²) in [4.78, 5) is 0. The third kappa shape index (κ3) is 2.57. The van der Waals surface area contributed by atoms with E-state index in [1.54, 1.807) is 7.11 Å². The highest BCUT2D eigenvalue weighted by Crippen LogP contribution is 2.41. The van der Waals surface area contributed by atoms with Gasteiger partial charge in [0, 0.05) is 12.0 Å². The van der Waals surface area contributed by atoms with Gasteiger partial charge in [-0.25, -0.2) is 0 Å². The van der Waals surface area contributed by atoms with Crippen LogP contribution in [0.1, 0.15) is 30.4 Å². The summed E-state index contributed by atoms with van der Waals surface area (Å²) in [5.74, 6) is 1.64. The molecule has 2 saturated heterocycles. The predicted octanol–water partition coefficient (Wildman–Crippen LogP) is 2.70. The first kappa shape index (κ1) is 13.9. The van der Waals surface area contributed by atoms with Gasteiger partial charge in [0.05, 0.1) is 19.3 Å². The number of methoxy groups -OCH3 is 1. The fraction of sp³-hybridized carbons (Fsp3) is 0.647. The van der Waals surface area contributed by atoms with E-state index in [-0.39, 0.29) is 0 Å². The fourth-order valence-corrected chi connectivity index (χ4v) is 3.87. The Morgan fingerprint density at radius 1 is 1.40 bits per heavy atom. The van der Waals surface area contributed by atoms with Crippen molar-refractivity contribution in [1.82, 2.24) is 5.32 Å². The Balaban J connectivity index is 1.76. The molecule has 1 N–H and O–H groups in total. The Kier molecular flexibility index (Phi) is 3.99. The van der Waals surface area contributed by atoms with E-state index in [1.807, 2.05) is 0 Å². The molecule has 0 saturated carbocycles. The SMILES string of the molecule is CNC(Cc1cc(C)ccc1OC)C1CC2CCC1O2. The number of fused-ring (bicyclic) bond motifs is 2. The van der Waals surface area contributed by atoms with Crippen molar-refractivity contribution in [1.29, 1.82) is 0 Å². The zero-order chi connectivity index (χ0) is 14.1. The number of nitrogens with one attached hydrogen (secondary N) is 1. The maximum Gasteiger partial charge on any atom is 0.122 e. The van der Waals surface area contributed by atoms with Crippen LogP contribution in [0.3, 0.4) is 0 Å². The van der Waals surface area contributed by atoms with E-state index in [0.29, 0.717) is 24.2 Å². The molecule has 2 heterocycles. The van der Waals surface area contributed by atoms with Crippen molar-refractivity contribution in [2.24, 2.45) is 5.92 Å². The molecule has 2 aliphatic heterocycles. The normalized spacial score (nSPS) is 29.6. The Morgan fingerprint density at radius 3 is 2.85 bits per heavy atom. The van der Waals surface area contributed by atoms with Crippen LogP contribution in [-0.2, 0) is 11.2 Å². The van der Waals surface area contributed by atoms with Gasteiger partial charge in [0.2, 0.25) is 0 Å². The first-order valence-electron chi connectivity index (χ1n) is 7.67. The van der Waals surface area contributed by atoms with Gasteiger partial charge >= 0.3 is 0 Å². The molecule has 2 aliphatic rings. The van der Waals surface area contributed by atoms with Crippen LogP contribution in [0.2, 0.25) is 0 Å². The molecule has 20 heavy (non-hydrogen) atoms. The zero-order valence-corrected chi connectivity index (χ0v) is 12.7. The third-order valence-corrected chi connectivity index (χ3v) is 4.92.